The van der Waals surface area contributed by atoms with Crippen LogP contribution < -0.4 is 15.0 Å². The highest BCUT2D eigenvalue weighted by Crippen LogP contribution is 2.40. The molecule has 168 valence electrons. The van der Waals surface area contributed by atoms with Crippen molar-refractivity contribution in [3.8, 4) is 5.88 Å². The first kappa shape index (κ1) is 22.7. The first-order chi connectivity index (χ1) is 14.5. The molecule has 3 atom stereocenters. The number of halogens is 1. The van der Waals surface area contributed by atoms with Crippen molar-refractivity contribution in [3.63, 3.8) is 0 Å². The monoisotopic (exact) mass is 425 g/mol. The lowest BCUT2D eigenvalue weighted by Gasteiger charge is -2.40. The Morgan fingerprint density at radius 1 is 1.33 bits per heavy atom. The molecular formula is C21H32FN3O5. The molecule has 1 unspecified atom stereocenters. The van der Waals surface area contributed by atoms with Gasteiger partial charge < -0.3 is 29.5 Å². The Morgan fingerprint density at radius 3 is 2.70 bits per heavy atom. The van der Waals surface area contributed by atoms with Gasteiger partial charge in [-0.2, -0.15) is 0 Å². The highest BCUT2D eigenvalue weighted by molar-refractivity contribution is 5.93. The average Bonchev–Trinajstić information content (AvgIpc) is 3.46. The molecule has 2 heterocycles. The highest BCUT2D eigenvalue weighted by atomic mass is 19.1. The molecule has 1 aromatic heterocycles. The molecule has 1 aromatic rings. The van der Waals surface area contributed by atoms with Gasteiger partial charge in [0.25, 0.3) is 5.91 Å². The van der Waals surface area contributed by atoms with Gasteiger partial charge in [0.15, 0.2) is 6.86 Å². The molecule has 1 amide bonds. The molecule has 1 aliphatic carbocycles. The molecule has 9 heteroatoms. The Morgan fingerprint density at radius 2 is 2.07 bits per heavy atom. The van der Waals surface area contributed by atoms with E-state index in [0.717, 1.165) is 25.2 Å². The van der Waals surface area contributed by atoms with Crippen molar-refractivity contribution in [2.75, 3.05) is 51.8 Å². The Hall–Kier alpha value is -1.97. The van der Waals surface area contributed by atoms with E-state index in [1.807, 2.05) is 19.9 Å². The van der Waals surface area contributed by atoms with Gasteiger partial charge in [0.2, 0.25) is 5.88 Å². The number of carbonyl (C=O) groups excluding carboxylic acids is 1. The fourth-order valence-electron chi connectivity index (χ4n) is 3.46. The number of alkyl halides is 1. The van der Waals surface area contributed by atoms with Crippen molar-refractivity contribution < 1.29 is 28.5 Å². The molecular weight excluding hydrogens is 393 g/mol. The molecule has 3 rings (SSSR count). The number of hydrogen-bond acceptors (Lipinski definition) is 7. The van der Waals surface area contributed by atoms with E-state index in [4.69, 9.17) is 14.2 Å². The van der Waals surface area contributed by atoms with Crippen LogP contribution in [-0.4, -0.2) is 75.0 Å². The quantitative estimate of drug-likeness (QED) is 0.526. The van der Waals surface area contributed by atoms with Crippen LogP contribution in [0.1, 0.15) is 30.8 Å². The standard InChI is InChI=1S/C21H32FN3O5/c1-13(2)18(9-26)23-20(27)17-4-5-19(25-7-16(8-25)28-3)21(24-17)30-11-15-6-14(15)10-29-12-22/h4-5,13-16,18,26H,6-12H2,1-3H3,(H,23,27)/t14-,15+,18?/m1/s1. The Labute approximate surface area is 176 Å². The van der Waals surface area contributed by atoms with Crippen molar-refractivity contribution in [1.82, 2.24) is 10.3 Å². The third kappa shape index (κ3) is 5.59. The van der Waals surface area contributed by atoms with Crippen LogP contribution in [0.25, 0.3) is 0 Å². The third-order valence-corrected chi connectivity index (χ3v) is 5.83. The number of nitrogens with zero attached hydrogens (tertiary/aromatic N) is 2. The predicted molar refractivity (Wildman–Crippen MR) is 109 cm³/mol. The summed E-state index contributed by atoms with van der Waals surface area (Å²) in [5.41, 5.74) is 1.06. The average molecular weight is 426 g/mol. The lowest BCUT2D eigenvalue weighted by molar-refractivity contribution is 0.0475. The molecule has 2 N–H and O–H groups in total. The van der Waals surface area contributed by atoms with Gasteiger partial charge in [0, 0.05) is 20.2 Å². The normalized spacial score (nSPS) is 22.0. The number of aliphatic hydroxyl groups excluding tert-OH is 1. The van der Waals surface area contributed by atoms with E-state index in [2.05, 4.69) is 15.2 Å². The number of aliphatic hydroxyl groups is 1. The molecule has 0 aromatic carbocycles. The van der Waals surface area contributed by atoms with E-state index in [1.165, 1.54) is 0 Å². The number of methoxy groups -OCH3 is 1. The van der Waals surface area contributed by atoms with Crippen LogP contribution >= 0.6 is 0 Å². The number of carbonyl (C=O) groups is 1. The predicted octanol–water partition coefficient (Wildman–Crippen LogP) is 1.62. The second kappa shape index (κ2) is 10.4. The third-order valence-electron chi connectivity index (χ3n) is 5.83. The zero-order valence-electron chi connectivity index (χ0n) is 17.8. The van der Waals surface area contributed by atoms with Crippen LogP contribution in [0.2, 0.25) is 0 Å². The van der Waals surface area contributed by atoms with Crippen molar-refractivity contribution in [3.05, 3.63) is 17.8 Å². The van der Waals surface area contributed by atoms with Crippen molar-refractivity contribution in [2.45, 2.75) is 32.4 Å². The zero-order valence-corrected chi connectivity index (χ0v) is 17.8. The molecule has 2 aliphatic rings. The summed E-state index contributed by atoms with van der Waals surface area (Å²) in [6, 6.07) is 3.16. The number of ether oxygens (including phenoxy) is 3. The molecule has 0 bridgehead atoms. The number of nitrogens with one attached hydrogen (secondary N) is 1. The topological polar surface area (TPSA) is 93.2 Å². The van der Waals surface area contributed by atoms with Crippen molar-refractivity contribution in [2.24, 2.45) is 17.8 Å². The summed E-state index contributed by atoms with van der Waals surface area (Å²) < 4.78 is 28.3. The highest BCUT2D eigenvalue weighted by Gasteiger charge is 2.38. The van der Waals surface area contributed by atoms with Gasteiger partial charge in [-0.3, -0.25) is 4.79 Å². The van der Waals surface area contributed by atoms with Gasteiger partial charge in [-0.25, -0.2) is 9.37 Å². The van der Waals surface area contributed by atoms with Gasteiger partial charge >= 0.3 is 0 Å². The maximum atomic E-state index is 12.6. The van der Waals surface area contributed by atoms with Gasteiger partial charge in [0.1, 0.15) is 11.4 Å². The lowest BCUT2D eigenvalue weighted by atomic mass is 10.1. The number of pyridine rings is 1. The molecule has 1 saturated carbocycles. The number of amides is 1. The zero-order chi connectivity index (χ0) is 21.7. The first-order valence-corrected chi connectivity index (χ1v) is 10.4. The molecule has 30 heavy (non-hydrogen) atoms. The Kier molecular flexibility index (Phi) is 7.85. The Bertz CT molecular complexity index is 714. The van der Waals surface area contributed by atoms with Crippen LogP contribution in [0.15, 0.2) is 12.1 Å². The lowest BCUT2D eigenvalue weighted by Crippen LogP contribution is -2.52. The molecule has 8 nitrogen and oxygen atoms in total. The summed E-state index contributed by atoms with van der Waals surface area (Å²) in [5, 5.41) is 12.3. The number of aromatic nitrogens is 1. The van der Waals surface area contributed by atoms with Crippen molar-refractivity contribution in [1.29, 1.82) is 0 Å². The van der Waals surface area contributed by atoms with Crippen LogP contribution in [0.4, 0.5) is 10.1 Å². The summed E-state index contributed by atoms with van der Waals surface area (Å²) in [7, 11) is 1.68. The summed E-state index contributed by atoms with van der Waals surface area (Å²) >= 11 is 0. The molecule has 0 spiro atoms. The summed E-state index contributed by atoms with van der Waals surface area (Å²) in [6.45, 7) is 5.26. The molecule has 0 radical (unpaired) electrons. The summed E-state index contributed by atoms with van der Waals surface area (Å²) in [4.78, 5) is 19.2. The number of hydrogen-bond donors (Lipinski definition) is 2. The number of rotatable bonds is 12. The fraction of sp³-hybridized carbons (Fsp3) is 0.714. The minimum absolute atomic E-state index is 0.0966. The largest absolute Gasteiger partial charge is 0.476 e. The van der Waals surface area contributed by atoms with Gasteiger partial charge in [0.05, 0.1) is 32.0 Å². The van der Waals surface area contributed by atoms with Crippen LogP contribution in [0, 0.1) is 17.8 Å². The SMILES string of the molecule is COC1CN(c2ccc(C(=O)NC(CO)C(C)C)nc2OC[C@@H]2C[C@@H]2COCF)C1. The first-order valence-electron chi connectivity index (χ1n) is 10.4. The van der Waals surface area contributed by atoms with E-state index in [1.54, 1.807) is 13.2 Å². The maximum Gasteiger partial charge on any atom is 0.270 e. The van der Waals surface area contributed by atoms with Crippen LogP contribution in [0.5, 0.6) is 5.88 Å². The second-order valence-electron chi connectivity index (χ2n) is 8.34. The van der Waals surface area contributed by atoms with E-state index in [-0.39, 0.29) is 36.3 Å². The second-order valence-corrected chi connectivity index (χ2v) is 8.34. The van der Waals surface area contributed by atoms with E-state index < -0.39 is 6.86 Å². The minimum atomic E-state index is -0.770. The molecule has 1 aliphatic heterocycles. The van der Waals surface area contributed by atoms with Gasteiger partial charge in [-0.1, -0.05) is 13.8 Å². The minimum Gasteiger partial charge on any atom is -0.476 e. The fourth-order valence-corrected chi connectivity index (χ4v) is 3.46. The number of anilines is 1. The maximum absolute atomic E-state index is 12.6. The van der Waals surface area contributed by atoms with Gasteiger partial charge in [-0.05, 0) is 36.3 Å². The van der Waals surface area contributed by atoms with Crippen LogP contribution in [0.3, 0.4) is 0 Å². The van der Waals surface area contributed by atoms with E-state index >= 15 is 0 Å². The van der Waals surface area contributed by atoms with E-state index in [0.29, 0.717) is 30.9 Å². The Balaban J connectivity index is 1.68. The van der Waals surface area contributed by atoms with Crippen molar-refractivity contribution >= 4 is 11.6 Å². The van der Waals surface area contributed by atoms with Crippen LogP contribution in [-0.2, 0) is 9.47 Å². The molecule has 2 fully saturated rings. The summed E-state index contributed by atoms with van der Waals surface area (Å²) in [6.07, 6.45) is 1.10. The summed E-state index contributed by atoms with van der Waals surface area (Å²) in [5.74, 6) is 0.748. The van der Waals surface area contributed by atoms with Gasteiger partial charge in [-0.15, -0.1) is 0 Å². The smallest absolute Gasteiger partial charge is 0.270 e. The van der Waals surface area contributed by atoms with E-state index in [9.17, 15) is 14.3 Å². The molecule has 1 saturated heterocycles.